The molecule has 1 N–H and O–H groups in total. The SMILES string of the molecule is O=C(CN(Cc1ccccc1)Cc1ccco1)NCC1(c2ccccc2)CC1. The molecule has 1 aromatic heterocycles. The first kappa shape index (κ1) is 18.5. The van der Waals surface area contributed by atoms with E-state index in [0.717, 1.165) is 18.6 Å². The zero-order valence-electron chi connectivity index (χ0n) is 16.0. The summed E-state index contributed by atoms with van der Waals surface area (Å²) in [6.07, 6.45) is 3.95. The first-order chi connectivity index (χ1) is 13.7. The Labute approximate surface area is 166 Å². The lowest BCUT2D eigenvalue weighted by Crippen LogP contribution is -2.39. The van der Waals surface area contributed by atoms with Crippen LogP contribution < -0.4 is 5.32 Å². The van der Waals surface area contributed by atoms with Gasteiger partial charge in [0.15, 0.2) is 0 Å². The topological polar surface area (TPSA) is 45.5 Å². The van der Waals surface area contributed by atoms with Crippen molar-refractivity contribution in [2.24, 2.45) is 0 Å². The highest BCUT2D eigenvalue weighted by Crippen LogP contribution is 2.47. The van der Waals surface area contributed by atoms with E-state index in [-0.39, 0.29) is 11.3 Å². The van der Waals surface area contributed by atoms with Crippen LogP contribution in [0.3, 0.4) is 0 Å². The molecule has 0 saturated heterocycles. The van der Waals surface area contributed by atoms with Crippen molar-refractivity contribution in [3.8, 4) is 0 Å². The third-order valence-electron chi connectivity index (χ3n) is 5.44. The third kappa shape index (κ3) is 4.70. The molecule has 4 nitrogen and oxygen atoms in total. The van der Waals surface area contributed by atoms with Gasteiger partial charge in [0.25, 0.3) is 0 Å². The van der Waals surface area contributed by atoms with E-state index in [4.69, 9.17) is 4.42 Å². The number of furan rings is 1. The van der Waals surface area contributed by atoms with Gasteiger partial charge in [-0.05, 0) is 36.1 Å². The number of carbonyl (C=O) groups is 1. The largest absolute Gasteiger partial charge is 0.468 e. The van der Waals surface area contributed by atoms with E-state index in [0.29, 0.717) is 26.2 Å². The normalized spacial score (nSPS) is 14.8. The van der Waals surface area contributed by atoms with Gasteiger partial charge in [-0.15, -0.1) is 0 Å². The van der Waals surface area contributed by atoms with E-state index in [2.05, 4.69) is 46.6 Å². The summed E-state index contributed by atoms with van der Waals surface area (Å²) in [6.45, 7) is 2.37. The number of hydrogen-bond donors (Lipinski definition) is 1. The van der Waals surface area contributed by atoms with Crippen LogP contribution in [-0.4, -0.2) is 23.9 Å². The Hall–Kier alpha value is -2.85. The minimum absolute atomic E-state index is 0.0599. The Morgan fingerprint density at radius 1 is 0.929 bits per heavy atom. The maximum atomic E-state index is 12.7. The summed E-state index contributed by atoms with van der Waals surface area (Å²) < 4.78 is 5.49. The lowest BCUT2D eigenvalue weighted by molar-refractivity contribution is -0.122. The Balaban J connectivity index is 1.36. The molecule has 0 bridgehead atoms. The molecule has 2 aromatic carbocycles. The van der Waals surface area contributed by atoms with Gasteiger partial charge in [0, 0.05) is 18.5 Å². The molecule has 1 fully saturated rings. The Bertz CT molecular complexity index is 871. The van der Waals surface area contributed by atoms with E-state index >= 15 is 0 Å². The zero-order valence-corrected chi connectivity index (χ0v) is 16.0. The van der Waals surface area contributed by atoms with Crippen molar-refractivity contribution in [2.45, 2.75) is 31.3 Å². The highest BCUT2D eigenvalue weighted by molar-refractivity contribution is 5.78. The number of amides is 1. The number of benzene rings is 2. The predicted octanol–water partition coefficient (Wildman–Crippen LogP) is 4.13. The van der Waals surface area contributed by atoms with Gasteiger partial charge in [-0.25, -0.2) is 0 Å². The minimum atomic E-state index is 0.0599. The first-order valence-electron chi connectivity index (χ1n) is 9.84. The maximum absolute atomic E-state index is 12.7. The molecule has 1 aliphatic rings. The molecule has 4 rings (SSSR count). The number of nitrogens with one attached hydrogen (secondary N) is 1. The van der Waals surface area contributed by atoms with Crippen molar-refractivity contribution in [2.75, 3.05) is 13.1 Å². The summed E-state index contributed by atoms with van der Waals surface area (Å²) in [7, 11) is 0. The van der Waals surface area contributed by atoms with Gasteiger partial charge in [0.1, 0.15) is 5.76 Å². The Morgan fingerprint density at radius 2 is 1.64 bits per heavy atom. The van der Waals surface area contributed by atoms with Gasteiger partial charge >= 0.3 is 0 Å². The molecule has 1 heterocycles. The van der Waals surface area contributed by atoms with Crippen molar-refractivity contribution in [3.63, 3.8) is 0 Å². The zero-order chi connectivity index (χ0) is 19.2. The average molecular weight is 374 g/mol. The smallest absolute Gasteiger partial charge is 0.234 e. The van der Waals surface area contributed by atoms with Crippen LogP contribution in [0.1, 0.15) is 29.7 Å². The summed E-state index contributed by atoms with van der Waals surface area (Å²) >= 11 is 0. The van der Waals surface area contributed by atoms with Crippen molar-refractivity contribution in [3.05, 3.63) is 95.9 Å². The van der Waals surface area contributed by atoms with Gasteiger partial charge in [-0.1, -0.05) is 60.7 Å². The maximum Gasteiger partial charge on any atom is 0.234 e. The lowest BCUT2D eigenvalue weighted by Gasteiger charge is -2.22. The van der Waals surface area contributed by atoms with Gasteiger partial charge in [-0.3, -0.25) is 9.69 Å². The quantitative estimate of drug-likeness (QED) is 0.613. The lowest BCUT2D eigenvalue weighted by atomic mass is 9.96. The Kier molecular flexibility index (Phi) is 5.58. The molecule has 144 valence electrons. The first-order valence-corrected chi connectivity index (χ1v) is 9.84. The number of carbonyl (C=O) groups excluding carboxylic acids is 1. The second-order valence-corrected chi connectivity index (χ2v) is 7.63. The summed E-state index contributed by atoms with van der Waals surface area (Å²) in [4.78, 5) is 14.8. The van der Waals surface area contributed by atoms with Crippen LogP contribution in [0.4, 0.5) is 0 Å². The number of hydrogen-bond acceptors (Lipinski definition) is 3. The van der Waals surface area contributed by atoms with Crippen LogP contribution in [0, 0.1) is 0 Å². The van der Waals surface area contributed by atoms with Crippen molar-refractivity contribution in [1.29, 1.82) is 0 Å². The minimum Gasteiger partial charge on any atom is -0.468 e. The molecule has 0 atom stereocenters. The van der Waals surface area contributed by atoms with Crippen LogP contribution in [0.15, 0.2) is 83.5 Å². The monoisotopic (exact) mass is 374 g/mol. The summed E-state index contributed by atoms with van der Waals surface area (Å²) in [5.41, 5.74) is 2.64. The molecule has 0 aliphatic heterocycles. The molecular formula is C24H26N2O2. The fraction of sp³-hybridized carbons (Fsp3) is 0.292. The van der Waals surface area contributed by atoms with Crippen LogP contribution in [0.5, 0.6) is 0 Å². The Morgan fingerprint density at radius 3 is 2.29 bits per heavy atom. The van der Waals surface area contributed by atoms with E-state index < -0.39 is 0 Å². The molecule has 28 heavy (non-hydrogen) atoms. The van der Waals surface area contributed by atoms with Gasteiger partial charge in [-0.2, -0.15) is 0 Å². The molecule has 1 aliphatic carbocycles. The van der Waals surface area contributed by atoms with E-state index in [1.54, 1.807) is 6.26 Å². The third-order valence-corrected chi connectivity index (χ3v) is 5.44. The molecular weight excluding hydrogens is 348 g/mol. The number of rotatable bonds is 9. The second kappa shape index (κ2) is 8.44. The fourth-order valence-electron chi connectivity index (χ4n) is 3.67. The summed E-state index contributed by atoms with van der Waals surface area (Å²) in [6, 6.07) is 24.6. The summed E-state index contributed by atoms with van der Waals surface area (Å²) in [5, 5.41) is 3.17. The molecule has 4 heteroatoms. The van der Waals surface area contributed by atoms with E-state index in [9.17, 15) is 4.79 Å². The standard InChI is InChI=1S/C24H26N2O2/c27-23(25-19-24(13-14-24)21-10-5-2-6-11-21)18-26(17-22-12-7-15-28-22)16-20-8-3-1-4-9-20/h1-12,15H,13-14,16-19H2,(H,25,27). The van der Waals surface area contributed by atoms with Crippen LogP contribution in [0.25, 0.3) is 0 Å². The van der Waals surface area contributed by atoms with Gasteiger partial charge in [0.05, 0.1) is 19.4 Å². The average Bonchev–Trinajstić information content (AvgIpc) is 3.36. The molecule has 0 spiro atoms. The highest BCUT2D eigenvalue weighted by atomic mass is 16.3. The van der Waals surface area contributed by atoms with E-state index in [1.807, 2.05) is 36.4 Å². The van der Waals surface area contributed by atoms with Crippen molar-refractivity contribution in [1.82, 2.24) is 10.2 Å². The second-order valence-electron chi connectivity index (χ2n) is 7.63. The highest BCUT2D eigenvalue weighted by Gasteiger charge is 2.44. The molecule has 1 amide bonds. The van der Waals surface area contributed by atoms with Gasteiger partial charge in [0.2, 0.25) is 5.91 Å². The molecule has 3 aromatic rings. The fourth-order valence-corrected chi connectivity index (χ4v) is 3.67. The molecule has 1 saturated carbocycles. The van der Waals surface area contributed by atoms with Crippen molar-refractivity contribution >= 4 is 5.91 Å². The molecule has 0 radical (unpaired) electrons. The predicted molar refractivity (Wildman–Crippen MR) is 110 cm³/mol. The van der Waals surface area contributed by atoms with E-state index in [1.165, 1.54) is 11.1 Å². The van der Waals surface area contributed by atoms with Crippen LogP contribution >= 0.6 is 0 Å². The van der Waals surface area contributed by atoms with Gasteiger partial charge < -0.3 is 9.73 Å². The van der Waals surface area contributed by atoms with Crippen LogP contribution in [0.2, 0.25) is 0 Å². The number of nitrogens with zero attached hydrogens (tertiary/aromatic N) is 1. The van der Waals surface area contributed by atoms with Crippen molar-refractivity contribution < 1.29 is 9.21 Å². The summed E-state index contributed by atoms with van der Waals surface area (Å²) in [5.74, 6) is 0.927. The van der Waals surface area contributed by atoms with Crippen LogP contribution in [-0.2, 0) is 23.3 Å². The molecule has 0 unspecified atom stereocenters.